The van der Waals surface area contributed by atoms with Gasteiger partial charge in [-0.25, -0.2) is 14.4 Å². The van der Waals surface area contributed by atoms with Crippen molar-refractivity contribution in [2.75, 3.05) is 32.4 Å². The van der Waals surface area contributed by atoms with Gasteiger partial charge >= 0.3 is 0 Å². The summed E-state index contributed by atoms with van der Waals surface area (Å²) in [4.78, 5) is 27.4. The summed E-state index contributed by atoms with van der Waals surface area (Å²) in [6.45, 7) is 3.53. The normalized spacial score (nSPS) is 14.8. The zero-order valence-electron chi connectivity index (χ0n) is 16.3. The molecule has 1 aromatic carbocycles. The lowest BCUT2D eigenvalue weighted by molar-refractivity contribution is 0.0623. The van der Waals surface area contributed by atoms with Gasteiger partial charge in [-0.15, -0.1) is 11.3 Å². The van der Waals surface area contributed by atoms with Gasteiger partial charge in [0.25, 0.3) is 5.91 Å². The predicted molar refractivity (Wildman–Crippen MR) is 120 cm³/mol. The Morgan fingerprint density at radius 3 is 2.70 bits per heavy atom. The highest BCUT2D eigenvalue weighted by atomic mass is 35.5. The van der Waals surface area contributed by atoms with Crippen LogP contribution >= 0.6 is 34.7 Å². The number of hydrogen-bond donors (Lipinski definition) is 0. The number of benzene rings is 1. The average Bonchev–Trinajstić information content (AvgIpc) is 3.22. The monoisotopic (exact) mass is 462 g/mol. The topological polar surface area (TPSA) is 49.3 Å². The van der Waals surface area contributed by atoms with Crippen LogP contribution in [-0.2, 0) is 6.54 Å². The molecule has 1 saturated heterocycles. The Kier molecular flexibility index (Phi) is 6.67. The van der Waals surface area contributed by atoms with Gasteiger partial charge in [0.05, 0.1) is 11.2 Å². The van der Waals surface area contributed by atoms with Gasteiger partial charge < -0.3 is 4.90 Å². The van der Waals surface area contributed by atoms with E-state index in [0.29, 0.717) is 23.8 Å². The smallest absolute Gasteiger partial charge is 0.274 e. The summed E-state index contributed by atoms with van der Waals surface area (Å²) in [7, 11) is 0. The van der Waals surface area contributed by atoms with Gasteiger partial charge in [-0.1, -0.05) is 41.6 Å². The standard InChI is InChI=1S/C21H20ClFN4OS2/c1-29-21-24-12-16(22)19(25-21)20(28)27-10-8-26(9-11-27)13-14-6-7-18(30-14)15-4-2-3-5-17(15)23/h2-7,12H,8-11,13H2,1H3. The molecule has 0 aliphatic carbocycles. The minimum Gasteiger partial charge on any atom is -0.335 e. The molecule has 3 heterocycles. The molecule has 0 spiro atoms. The van der Waals surface area contributed by atoms with Crippen molar-refractivity contribution in [3.63, 3.8) is 0 Å². The van der Waals surface area contributed by atoms with Crippen LogP contribution in [0, 0.1) is 5.82 Å². The first-order valence-electron chi connectivity index (χ1n) is 9.47. The number of carbonyl (C=O) groups is 1. The summed E-state index contributed by atoms with van der Waals surface area (Å²) in [5, 5.41) is 0.809. The first-order valence-corrected chi connectivity index (χ1v) is 11.9. The summed E-state index contributed by atoms with van der Waals surface area (Å²) in [6.07, 6.45) is 3.34. The molecule has 2 aromatic heterocycles. The van der Waals surface area contributed by atoms with Crippen LogP contribution in [0.3, 0.4) is 0 Å². The van der Waals surface area contributed by atoms with E-state index in [1.54, 1.807) is 28.4 Å². The molecule has 30 heavy (non-hydrogen) atoms. The maximum absolute atomic E-state index is 14.0. The molecule has 1 aliphatic heterocycles. The number of halogens is 2. The Bertz CT molecular complexity index is 1050. The molecule has 0 bridgehead atoms. The maximum atomic E-state index is 14.0. The van der Waals surface area contributed by atoms with E-state index in [-0.39, 0.29) is 22.4 Å². The quantitative estimate of drug-likeness (QED) is 0.407. The van der Waals surface area contributed by atoms with Crippen LogP contribution in [-0.4, -0.2) is 58.1 Å². The first kappa shape index (κ1) is 21.2. The molecular formula is C21H20ClFN4OS2. The minimum absolute atomic E-state index is 0.157. The van der Waals surface area contributed by atoms with Crippen molar-refractivity contribution >= 4 is 40.6 Å². The van der Waals surface area contributed by atoms with E-state index < -0.39 is 0 Å². The fraction of sp³-hybridized carbons (Fsp3) is 0.286. The van der Waals surface area contributed by atoms with Crippen molar-refractivity contribution in [1.82, 2.24) is 19.8 Å². The van der Waals surface area contributed by atoms with Gasteiger partial charge in [0.2, 0.25) is 0 Å². The van der Waals surface area contributed by atoms with E-state index in [2.05, 4.69) is 20.9 Å². The fourth-order valence-corrected chi connectivity index (χ4v) is 4.94. The van der Waals surface area contributed by atoms with Crippen molar-refractivity contribution in [1.29, 1.82) is 0 Å². The molecule has 1 amide bonds. The largest absolute Gasteiger partial charge is 0.335 e. The van der Waals surface area contributed by atoms with Gasteiger partial charge in [0.1, 0.15) is 5.82 Å². The molecule has 156 valence electrons. The Hall–Kier alpha value is -2.00. The summed E-state index contributed by atoms with van der Waals surface area (Å²) in [5.41, 5.74) is 0.896. The number of rotatable bonds is 5. The van der Waals surface area contributed by atoms with Crippen LogP contribution in [0.4, 0.5) is 4.39 Å². The van der Waals surface area contributed by atoms with E-state index in [1.165, 1.54) is 28.9 Å². The molecule has 0 N–H and O–H groups in total. The van der Waals surface area contributed by atoms with Crippen LogP contribution in [0.1, 0.15) is 15.4 Å². The van der Waals surface area contributed by atoms with Crippen LogP contribution in [0.2, 0.25) is 5.02 Å². The molecule has 0 saturated carbocycles. The highest BCUT2D eigenvalue weighted by molar-refractivity contribution is 7.98. The lowest BCUT2D eigenvalue weighted by Gasteiger charge is -2.34. The van der Waals surface area contributed by atoms with E-state index in [1.807, 2.05) is 18.4 Å². The molecule has 1 fully saturated rings. The molecule has 0 radical (unpaired) electrons. The first-order chi connectivity index (χ1) is 14.5. The summed E-state index contributed by atoms with van der Waals surface area (Å²) >= 11 is 9.13. The van der Waals surface area contributed by atoms with Crippen LogP contribution in [0.5, 0.6) is 0 Å². The highest BCUT2D eigenvalue weighted by Crippen LogP contribution is 2.31. The molecule has 0 atom stereocenters. The third-order valence-electron chi connectivity index (χ3n) is 4.95. The molecule has 1 aliphatic rings. The Morgan fingerprint density at radius 2 is 1.97 bits per heavy atom. The van der Waals surface area contributed by atoms with Gasteiger partial charge in [0, 0.05) is 48.0 Å². The number of carbonyl (C=O) groups excluding carboxylic acids is 1. The number of hydrogen-bond acceptors (Lipinski definition) is 6. The maximum Gasteiger partial charge on any atom is 0.274 e. The second-order valence-corrected chi connectivity index (χ2v) is 9.22. The number of nitrogens with zero attached hydrogens (tertiary/aromatic N) is 4. The molecule has 9 heteroatoms. The lowest BCUT2D eigenvalue weighted by Crippen LogP contribution is -2.48. The van der Waals surface area contributed by atoms with Gasteiger partial charge in [-0.2, -0.15) is 0 Å². The number of thiophene rings is 1. The average molecular weight is 463 g/mol. The van der Waals surface area contributed by atoms with Crippen molar-refractivity contribution in [3.05, 3.63) is 64.0 Å². The van der Waals surface area contributed by atoms with E-state index in [0.717, 1.165) is 24.5 Å². The number of amides is 1. The number of aromatic nitrogens is 2. The fourth-order valence-electron chi connectivity index (χ4n) is 3.35. The van der Waals surface area contributed by atoms with Gasteiger partial charge in [-0.3, -0.25) is 9.69 Å². The third-order valence-corrected chi connectivity index (χ3v) is 6.89. The van der Waals surface area contributed by atoms with Crippen LogP contribution in [0.25, 0.3) is 10.4 Å². The molecule has 4 rings (SSSR count). The third kappa shape index (κ3) is 4.67. The Morgan fingerprint density at radius 1 is 1.20 bits per heavy atom. The van der Waals surface area contributed by atoms with E-state index >= 15 is 0 Å². The highest BCUT2D eigenvalue weighted by Gasteiger charge is 2.25. The number of thioether (sulfide) groups is 1. The Balaban J connectivity index is 1.36. The van der Waals surface area contributed by atoms with Crippen molar-refractivity contribution in [3.8, 4) is 10.4 Å². The second kappa shape index (κ2) is 9.43. The lowest BCUT2D eigenvalue weighted by atomic mass is 10.2. The second-order valence-electron chi connectivity index (χ2n) is 6.87. The predicted octanol–water partition coefficient (Wildman–Crippen LogP) is 4.68. The van der Waals surface area contributed by atoms with Crippen molar-refractivity contribution in [2.24, 2.45) is 0 Å². The minimum atomic E-state index is -0.203. The summed E-state index contributed by atoms with van der Waals surface area (Å²) < 4.78 is 14.0. The van der Waals surface area contributed by atoms with Crippen molar-refractivity contribution < 1.29 is 9.18 Å². The number of piperazine rings is 1. The Labute approximate surface area is 187 Å². The van der Waals surface area contributed by atoms with Crippen LogP contribution < -0.4 is 0 Å². The molecular weight excluding hydrogens is 443 g/mol. The van der Waals surface area contributed by atoms with Gasteiger partial charge in [-0.05, 0) is 24.5 Å². The molecule has 5 nitrogen and oxygen atoms in total. The summed E-state index contributed by atoms with van der Waals surface area (Å²) in [5.74, 6) is -0.360. The van der Waals surface area contributed by atoms with Crippen LogP contribution in [0.15, 0.2) is 47.8 Å². The zero-order valence-corrected chi connectivity index (χ0v) is 18.7. The van der Waals surface area contributed by atoms with E-state index in [9.17, 15) is 9.18 Å². The zero-order chi connectivity index (χ0) is 21.1. The van der Waals surface area contributed by atoms with Crippen molar-refractivity contribution in [2.45, 2.75) is 11.7 Å². The van der Waals surface area contributed by atoms with Gasteiger partial charge in [0.15, 0.2) is 10.9 Å². The molecule has 0 unspecified atom stereocenters. The summed E-state index contributed by atoms with van der Waals surface area (Å²) in [6, 6.07) is 10.9. The SMILES string of the molecule is CSc1ncc(Cl)c(C(=O)N2CCN(Cc3ccc(-c4ccccc4F)s3)CC2)n1. The molecule has 3 aromatic rings. The van der Waals surface area contributed by atoms with E-state index in [4.69, 9.17) is 11.6 Å².